The molecule has 0 aliphatic rings. The standard InChI is InChI=1S/C24H26N4O2S/c1-15(2)21(28-22(29)18-8-6-5-7-9-18)23(30)27-19-10-12-20(13-11-19)31-24-25-16(3)14-17(4)26-24/h5-15,21H,1-4H3,(H,27,30)(H,28,29). The van der Waals surface area contributed by atoms with Gasteiger partial charge in [0, 0.05) is 27.5 Å². The van der Waals surface area contributed by atoms with Crippen LogP contribution in [0.3, 0.4) is 0 Å². The van der Waals surface area contributed by atoms with Gasteiger partial charge in [-0.2, -0.15) is 0 Å². The van der Waals surface area contributed by atoms with Gasteiger partial charge in [0.2, 0.25) is 5.91 Å². The van der Waals surface area contributed by atoms with E-state index in [1.165, 1.54) is 11.8 Å². The summed E-state index contributed by atoms with van der Waals surface area (Å²) in [6.07, 6.45) is 0. The lowest BCUT2D eigenvalue weighted by atomic mass is 10.0. The van der Waals surface area contributed by atoms with Gasteiger partial charge >= 0.3 is 0 Å². The fourth-order valence-corrected chi connectivity index (χ4v) is 3.88. The van der Waals surface area contributed by atoms with Crippen LogP contribution in [0.25, 0.3) is 0 Å². The van der Waals surface area contributed by atoms with E-state index < -0.39 is 6.04 Å². The van der Waals surface area contributed by atoms with Crippen molar-refractivity contribution in [2.45, 2.75) is 43.8 Å². The number of amides is 2. The van der Waals surface area contributed by atoms with Crippen molar-refractivity contribution < 1.29 is 9.59 Å². The Labute approximate surface area is 186 Å². The summed E-state index contributed by atoms with van der Waals surface area (Å²) in [7, 11) is 0. The zero-order valence-electron chi connectivity index (χ0n) is 18.0. The summed E-state index contributed by atoms with van der Waals surface area (Å²) in [5, 5.41) is 6.42. The number of carbonyl (C=O) groups excluding carboxylic acids is 2. The Balaban J connectivity index is 1.64. The Morgan fingerprint density at radius 2 is 1.52 bits per heavy atom. The van der Waals surface area contributed by atoms with Crippen molar-refractivity contribution in [1.29, 1.82) is 0 Å². The van der Waals surface area contributed by atoms with Gasteiger partial charge in [0.1, 0.15) is 6.04 Å². The van der Waals surface area contributed by atoms with Crippen LogP contribution >= 0.6 is 11.8 Å². The maximum absolute atomic E-state index is 12.8. The van der Waals surface area contributed by atoms with E-state index >= 15 is 0 Å². The summed E-state index contributed by atoms with van der Waals surface area (Å²) in [4.78, 5) is 35.1. The molecule has 0 radical (unpaired) electrons. The molecule has 0 aliphatic heterocycles. The maximum Gasteiger partial charge on any atom is 0.251 e. The molecular formula is C24H26N4O2S. The van der Waals surface area contributed by atoms with Crippen molar-refractivity contribution in [2.24, 2.45) is 5.92 Å². The number of benzene rings is 2. The predicted octanol–water partition coefficient (Wildman–Crippen LogP) is 4.64. The minimum atomic E-state index is -0.648. The lowest BCUT2D eigenvalue weighted by molar-refractivity contribution is -0.118. The van der Waals surface area contributed by atoms with Crippen molar-refractivity contribution in [3.63, 3.8) is 0 Å². The number of nitrogens with zero attached hydrogens (tertiary/aromatic N) is 2. The zero-order chi connectivity index (χ0) is 22.4. The van der Waals surface area contributed by atoms with Crippen LogP contribution in [-0.2, 0) is 4.79 Å². The molecular weight excluding hydrogens is 408 g/mol. The highest BCUT2D eigenvalue weighted by atomic mass is 32.2. The molecule has 0 bridgehead atoms. The molecule has 7 heteroatoms. The molecule has 2 amide bonds. The highest BCUT2D eigenvalue weighted by molar-refractivity contribution is 7.99. The lowest BCUT2D eigenvalue weighted by Gasteiger charge is -2.22. The van der Waals surface area contributed by atoms with Gasteiger partial charge in [-0.05, 0) is 74.0 Å². The average Bonchev–Trinajstić information content (AvgIpc) is 2.73. The first kappa shape index (κ1) is 22.5. The number of aryl methyl sites for hydroxylation is 2. The third-order valence-electron chi connectivity index (χ3n) is 4.56. The number of hydrogen-bond acceptors (Lipinski definition) is 5. The largest absolute Gasteiger partial charge is 0.340 e. The Kier molecular flexibility index (Phi) is 7.41. The van der Waals surface area contributed by atoms with Gasteiger partial charge in [-0.3, -0.25) is 9.59 Å². The molecule has 2 aromatic carbocycles. The smallest absolute Gasteiger partial charge is 0.251 e. The number of anilines is 1. The van der Waals surface area contributed by atoms with Crippen LogP contribution in [0.4, 0.5) is 5.69 Å². The molecule has 1 unspecified atom stereocenters. The molecule has 0 fully saturated rings. The number of rotatable bonds is 7. The van der Waals surface area contributed by atoms with Gasteiger partial charge in [0.05, 0.1) is 0 Å². The molecule has 6 nitrogen and oxygen atoms in total. The molecule has 0 saturated heterocycles. The Bertz CT molecular complexity index is 1030. The van der Waals surface area contributed by atoms with Gasteiger partial charge < -0.3 is 10.6 Å². The van der Waals surface area contributed by atoms with E-state index in [0.717, 1.165) is 16.3 Å². The van der Waals surface area contributed by atoms with Crippen LogP contribution in [0, 0.1) is 19.8 Å². The van der Waals surface area contributed by atoms with E-state index in [4.69, 9.17) is 0 Å². The fraction of sp³-hybridized carbons (Fsp3) is 0.250. The topological polar surface area (TPSA) is 84.0 Å². The van der Waals surface area contributed by atoms with Gasteiger partial charge in [-0.25, -0.2) is 9.97 Å². The number of nitrogens with one attached hydrogen (secondary N) is 2. The maximum atomic E-state index is 12.8. The molecule has 2 N–H and O–H groups in total. The first-order valence-electron chi connectivity index (χ1n) is 10.1. The molecule has 3 rings (SSSR count). The Morgan fingerprint density at radius 1 is 0.903 bits per heavy atom. The summed E-state index contributed by atoms with van der Waals surface area (Å²) < 4.78 is 0. The van der Waals surface area contributed by atoms with E-state index in [1.807, 2.05) is 64.1 Å². The van der Waals surface area contributed by atoms with E-state index in [1.54, 1.807) is 24.3 Å². The SMILES string of the molecule is Cc1cc(C)nc(Sc2ccc(NC(=O)C(NC(=O)c3ccccc3)C(C)C)cc2)n1. The Hall–Kier alpha value is -3.19. The van der Waals surface area contributed by atoms with E-state index in [0.29, 0.717) is 16.4 Å². The van der Waals surface area contributed by atoms with E-state index in [2.05, 4.69) is 20.6 Å². The highest BCUT2D eigenvalue weighted by Crippen LogP contribution is 2.26. The minimum Gasteiger partial charge on any atom is -0.340 e. The normalized spacial score (nSPS) is 11.8. The van der Waals surface area contributed by atoms with Crippen LogP contribution in [0.15, 0.2) is 70.7 Å². The second kappa shape index (κ2) is 10.2. The van der Waals surface area contributed by atoms with Crippen molar-refractivity contribution >= 4 is 29.3 Å². The molecule has 0 aliphatic carbocycles. The third kappa shape index (κ3) is 6.39. The van der Waals surface area contributed by atoms with Crippen LogP contribution in [0.1, 0.15) is 35.6 Å². The zero-order valence-corrected chi connectivity index (χ0v) is 18.9. The van der Waals surface area contributed by atoms with Crippen molar-refractivity contribution in [3.05, 3.63) is 77.6 Å². The molecule has 0 saturated carbocycles. The third-order valence-corrected chi connectivity index (χ3v) is 5.44. The molecule has 3 aromatic rings. The molecule has 0 spiro atoms. The van der Waals surface area contributed by atoms with Gasteiger partial charge in [-0.1, -0.05) is 32.0 Å². The first-order valence-corrected chi connectivity index (χ1v) is 10.9. The summed E-state index contributed by atoms with van der Waals surface area (Å²) in [6, 6.07) is 17.7. The quantitative estimate of drug-likeness (QED) is 0.530. The summed E-state index contributed by atoms with van der Waals surface area (Å²) in [5.74, 6) is -0.587. The molecule has 160 valence electrons. The highest BCUT2D eigenvalue weighted by Gasteiger charge is 2.24. The average molecular weight is 435 g/mol. The summed E-state index contributed by atoms with van der Waals surface area (Å²) >= 11 is 1.47. The number of carbonyl (C=O) groups is 2. The Morgan fingerprint density at radius 3 is 2.10 bits per heavy atom. The van der Waals surface area contributed by atoms with Gasteiger partial charge in [0.15, 0.2) is 5.16 Å². The molecule has 1 atom stereocenters. The second-order valence-corrected chi connectivity index (χ2v) is 8.65. The monoisotopic (exact) mass is 434 g/mol. The number of aromatic nitrogens is 2. The minimum absolute atomic E-state index is 0.0656. The number of hydrogen-bond donors (Lipinski definition) is 2. The van der Waals surface area contributed by atoms with Gasteiger partial charge in [0.25, 0.3) is 5.91 Å². The van der Waals surface area contributed by atoms with Crippen LogP contribution < -0.4 is 10.6 Å². The second-order valence-electron chi connectivity index (χ2n) is 7.61. The van der Waals surface area contributed by atoms with Crippen LogP contribution in [-0.4, -0.2) is 27.8 Å². The fourth-order valence-electron chi connectivity index (χ4n) is 3.02. The molecule has 31 heavy (non-hydrogen) atoms. The van der Waals surface area contributed by atoms with Gasteiger partial charge in [-0.15, -0.1) is 0 Å². The molecule has 1 aromatic heterocycles. The van der Waals surface area contributed by atoms with Crippen LogP contribution in [0.5, 0.6) is 0 Å². The van der Waals surface area contributed by atoms with Crippen molar-refractivity contribution in [2.75, 3.05) is 5.32 Å². The predicted molar refractivity (Wildman–Crippen MR) is 123 cm³/mol. The lowest BCUT2D eigenvalue weighted by Crippen LogP contribution is -2.47. The van der Waals surface area contributed by atoms with E-state index in [-0.39, 0.29) is 17.7 Å². The summed E-state index contributed by atoms with van der Waals surface area (Å²) in [6.45, 7) is 7.69. The van der Waals surface area contributed by atoms with Crippen molar-refractivity contribution in [1.82, 2.24) is 15.3 Å². The van der Waals surface area contributed by atoms with Crippen LogP contribution in [0.2, 0.25) is 0 Å². The summed E-state index contributed by atoms with van der Waals surface area (Å²) in [5.41, 5.74) is 3.04. The van der Waals surface area contributed by atoms with Crippen molar-refractivity contribution in [3.8, 4) is 0 Å². The van der Waals surface area contributed by atoms with E-state index in [9.17, 15) is 9.59 Å². The first-order chi connectivity index (χ1) is 14.8. The molecule has 1 heterocycles.